The fraction of sp³-hybridized carbons (Fsp3) is 0.304. The maximum atomic E-state index is 14.4. The third-order valence-corrected chi connectivity index (χ3v) is 5.60. The average molecular weight is 513 g/mol. The first-order valence-electron chi connectivity index (χ1n) is 10.6. The molecule has 3 N–H and O–H groups in total. The van der Waals surface area contributed by atoms with E-state index in [1.54, 1.807) is 35.4 Å². The summed E-state index contributed by atoms with van der Waals surface area (Å²) in [7, 11) is 0. The number of amides is 2. The quantitative estimate of drug-likeness (QED) is 0.495. The molecule has 0 aliphatic carbocycles. The zero-order valence-corrected chi connectivity index (χ0v) is 18.9. The third kappa shape index (κ3) is 6.50. The van der Waals surface area contributed by atoms with Gasteiger partial charge in [-0.05, 0) is 54.1 Å². The van der Waals surface area contributed by atoms with Gasteiger partial charge in [0.15, 0.2) is 0 Å². The Bertz CT molecular complexity index is 1140. The van der Waals surface area contributed by atoms with Crippen LogP contribution in [0.25, 0.3) is 5.70 Å². The normalized spacial score (nSPS) is 20.1. The number of hydrogen-bond donors (Lipinski definition) is 3. The van der Waals surface area contributed by atoms with E-state index in [1.165, 1.54) is 12.1 Å². The molecule has 0 aromatic heterocycles. The van der Waals surface area contributed by atoms with Crippen LogP contribution in [-0.4, -0.2) is 37.3 Å². The van der Waals surface area contributed by atoms with Crippen LogP contribution in [0.2, 0.25) is 5.02 Å². The predicted molar refractivity (Wildman–Crippen MR) is 120 cm³/mol. The van der Waals surface area contributed by atoms with Crippen molar-refractivity contribution in [2.45, 2.75) is 25.4 Å². The van der Waals surface area contributed by atoms with Crippen LogP contribution in [0.15, 0.2) is 48.5 Å². The molecular formula is C23H21ClF4N4O3. The summed E-state index contributed by atoms with van der Waals surface area (Å²) in [4.78, 5) is 24.1. The predicted octanol–water partition coefficient (Wildman–Crippen LogP) is 3.50. The zero-order chi connectivity index (χ0) is 25.2. The number of carbonyl (C=O) groups is 2. The van der Waals surface area contributed by atoms with Crippen molar-refractivity contribution >= 4 is 34.8 Å². The van der Waals surface area contributed by atoms with Gasteiger partial charge >= 0.3 is 6.18 Å². The van der Waals surface area contributed by atoms with Gasteiger partial charge in [-0.15, -0.1) is 0 Å². The van der Waals surface area contributed by atoms with E-state index in [4.69, 9.17) is 11.6 Å². The van der Waals surface area contributed by atoms with Crippen LogP contribution in [0, 0.1) is 11.7 Å². The van der Waals surface area contributed by atoms with Crippen LogP contribution in [-0.2, 0) is 20.9 Å². The number of benzene rings is 2. The maximum Gasteiger partial charge on any atom is 0.411 e. The van der Waals surface area contributed by atoms with E-state index < -0.39 is 37.3 Å². The van der Waals surface area contributed by atoms with Crippen molar-refractivity contribution < 1.29 is 31.9 Å². The van der Waals surface area contributed by atoms with Gasteiger partial charge in [0.2, 0.25) is 11.8 Å². The Morgan fingerprint density at radius 3 is 2.60 bits per heavy atom. The van der Waals surface area contributed by atoms with Crippen LogP contribution in [0.1, 0.15) is 17.5 Å². The Balaban J connectivity index is 1.59. The average Bonchev–Trinajstić information content (AvgIpc) is 3.39. The van der Waals surface area contributed by atoms with Gasteiger partial charge in [-0.2, -0.15) is 13.2 Å². The molecule has 0 spiro atoms. The first kappa shape index (κ1) is 25.0. The van der Waals surface area contributed by atoms with Crippen molar-refractivity contribution in [3.05, 3.63) is 70.5 Å². The lowest BCUT2D eigenvalue weighted by atomic mass is 10.1. The molecule has 2 atom stereocenters. The molecule has 2 aliphatic rings. The van der Waals surface area contributed by atoms with Crippen LogP contribution in [0.5, 0.6) is 0 Å². The number of rotatable bonds is 7. The van der Waals surface area contributed by atoms with Crippen LogP contribution in [0.4, 0.5) is 23.2 Å². The number of halogens is 5. The van der Waals surface area contributed by atoms with Gasteiger partial charge in [-0.1, -0.05) is 11.6 Å². The number of ether oxygens (including phenoxy) is 1. The van der Waals surface area contributed by atoms with Crippen molar-refractivity contribution in [2.75, 3.05) is 18.2 Å². The minimum Gasteiger partial charge on any atom is -0.367 e. The van der Waals surface area contributed by atoms with Crippen LogP contribution in [0.3, 0.4) is 0 Å². The maximum absolute atomic E-state index is 14.4. The molecule has 2 aliphatic heterocycles. The second-order valence-corrected chi connectivity index (χ2v) is 8.58. The Labute approximate surface area is 203 Å². The largest absolute Gasteiger partial charge is 0.411 e. The molecule has 0 radical (unpaired) electrons. The van der Waals surface area contributed by atoms with E-state index >= 15 is 0 Å². The minimum atomic E-state index is -4.50. The summed E-state index contributed by atoms with van der Waals surface area (Å²) in [6.07, 6.45) is -3.46. The lowest BCUT2D eigenvalue weighted by Crippen LogP contribution is -2.48. The lowest BCUT2D eigenvalue weighted by molar-refractivity contribution is -0.176. The summed E-state index contributed by atoms with van der Waals surface area (Å²) < 4.78 is 56.3. The standard InChI is InChI=1S/C23H21ClF4N4O3/c24-16-1-3-18(4-2-16)32-19(9-20(31-32)30-22(34)15-8-21(33)29-10-15)14-5-13(6-17(25)7-14)11-35-12-23(26,27)28/h1-7,9,15,20,31H,8,10-12H2,(H,29,33)(H,30,34)/t15-,20?/m0/s1. The molecule has 35 heavy (non-hydrogen) atoms. The van der Waals surface area contributed by atoms with Gasteiger partial charge < -0.3 is 15.4 Å². The van der Waals surface area contributed by atoms with Crippen LogP contribution < -0.4 is 21.1 Å². The van der Waals surface area contributed by atoms with E-state index in [-0.39, 0.29) is 30.3 Å². The molecule has 0 saturated carbocycles. The molecule has 2 aromatic rings. The Morgan fingerprint density at radius 2 is 1.94 bits per heavy atom. The van der Waals surface area contributed by atoms with Gasteiger partial charge in [0.25, 0.3) is 0 Å². The second-order valence-electron chi connectivity index (χ2n) is 8.14. The van der Waals surface area contributed by atoms with E-state index in [0.717, 1.165) is 6.07 Å². The molecule has 2 heterocycles. The molecule has 1 fully saturated rings. The molecule has 2 amide bonds. The van der Waals surface area contributed by atoms with Crippen molar-refractivity contribution in [2.24, 2.45) is 5.92 Å². The topological polar surface area (TPSA) is 82.7 Å². The Morgan fingerprint density at radius 1 is 1.20 bits per heavy atom. The van der Waals surface area contributed by atoms with Gasteiger partial charge in [0.05, 0.1) is 23.9 Å². The highest BCUT2D eigenvalue weighted by atomic mass is 35.5. The van der Waals surface area contributed by atoms with Gasteiger partial charge in [0.1, 0.15) is 18.6 Å². The van der Waals surface area contributed by atoms with Crippen molar-refractivity contribution in [1.82, 2.24) is 16.1 Å². The van der Waals surface area contributed by atoms with Gasteiger partial charge in [0, 0.05) is 23.6 Å². The number of nitrogens with one attached hydrogen (secondary N) is 3. The Kier molecular flexibility index (Phi) is 7.29. The van der Waals surface area contributed by atoms with Gasteiger partial charge in [-0.25, -0.2) is 9.82 Å². The third-order valence-electron chi connectivity index (χ3n) is 5.35. The van der Waals surface area contributed by atoms with E-state index in [9.17, 15) is 27.2 Å². The molecular weight excluding hydrogens is 492 g/mol. The highest BCUT2D eigenvalue weighted by Crippen LogP contribution is 2.31. The molecule has 1 unspecified atom stereocenters. The van der Waals surface area contributed by atoms with Crippen molar-refractivity contribution in [1.29, 1.82) is 0 Å². The number of carbonyl (C=O) groups excluding carboxylic acids is 2. The summed E-state index contributed by atoms with van der Waals surface area (Å²) in [5.41, 5.74) is 4.74. The molecule has 1 saturated heterocycles. The Hall–Kier alpha value is -3.15. The SMILES string of the molecule is O=C1C[C@H](C(=O)NC2C=C(c3cc(F)cc(COCC(F)(F)F)c3)N(c3ccc(Cl)cc3)N2)CN1. The summed E-state index contributed by atoms with van der Waals surface area (Å²) in [5, 5.41) is 7.51. The molecule has 0 bridgehead atoms. The smallest absolute Gasteiger partial charge is 0.367 e. The summed E-state index contributed by atoms with van der Waals surface area (Å²) in [6.45, 7) is -1.65. The number of hydrogen-bond acceptors (Lipinski definition) is 5. The summed E-state index contributed by atoms with van der Waals surface area (Å²) in [5.74, 6) is -1.72. The first-order chi connectivity index (χ1) is 16.6. The van der Waals surface area contributed by atoms with Gasteiger partial charge in [-0.3, -0.25) is 14.6 Å². The summed E-state index contributed by atoms with van der Waals surface area (Å²) in [6, 6.07) is 10.6. The zero-order valence-electron chi connectivity index (χ0n) is 18.2. The van der Waals surface area contributed by atoms with E-state index in [0.29, 0.717) is 22.0 Å². The number of anilines is 1. The second kappa shape index (κ2) is 10.2. The molecule has 186 valence electrons. The van der Waals surface area contributed by atoms with E-state index in [2.05, 4.69) is 20.8 Å². The minimum absolute atomic E-state index is 0.0845. The van der Waals surface area contributed by atoms with E-state index in [1.807, 2.05) is 0 Å². The van der Waals surface area contributed by atoms with Crippen molar-refractivity contribution in [3.8, 4) is 0 Å². The fourth-order valence-electron chi connectivity index (χ4n) is 3.81. The van der Waals surface area contributed by atoms with Crippen molar-refractivity contribution in [3.63, 3.8) is 0 Å². The lowest BCUT2D eigenvalue weighted by Gasteiger charge is -2.25. The number of hydrazine groups is 1. The fourth-order valence-corrected chi connectivity index (χ4v) is 3.94. The first-order valence-corrected chi connectivity index (χ1v) is 11.0. The highest BCUT2D eigenvalue weighted by Gasteiger charge is 2.32. The number of alkyl halides is 3. The highest BCUT2D eigenvalue weighted by molar-refractivity contribution is 6.30. The molecule has 12 heteroatoms. The molecule has 7 nitrogen and oxygen atoms in total. The van der Waals surface area contributed by atoms with Crippen LogP contribution >= 0.6 is 11.6 Å². The summed E-state index contributed by atoms with van der Waals surface area (Å²) >= 11 is 5.99. The molecule has 4 rings (SSSR count). The monoisotopic (exact) mass is 512 g/mol. The molecule has 2 aromatic carbocycles. The number of nitrogens with zero attached hydrogens (tertiary/aromatic N) is 1.